The fourth-order valence-electron chi connectivity index (χ4n) is 4.67. The molecule has 11 nitrogen and oxygen atoms in total. The number of hydrogen-bond donors (Lipinski definition) is 0. The van der Waals surface area contributed by atoms with Crippen LogP contribution in [0, 0.1) is 0 Å². The van der Waals surface area contributed by atoms with Crippen molar-refractivity contribution in [2.75, 3.05) is 40.6 Å². The van der Waals surface area contributed by atoms with Gasteiger partial charge in [0, 0.05) is 0 Å². The van der Waals surface area contributed by atoms with Gasteiger partial charge in [-0.05, 0) is 85.1 Å². The summed E-state index contributed by atoms with van der Waals surface area (Å²) in [5, 5.41) is 0. The van der Waals surface area contributed by atoms with Gasteiger partial charge in [-0.25, -0.2) is 14.6 Å². The average Bonchev–Trinajstić information content (AvgIpc) is 3.29. The summed E-state index contributed by atoms with van der Waals surface area (Å²) in [4.78, 5) is 44.1. The fourth-order valence-corrected chi connectivity index (χ4v) is 6.34. The first-order valence-corrected chi connectivity index (χ1v) is 15.4. The predicted molar refractivity (Wildman–Crippen MR) is 167 cm³/mol. The maximum atomic E-state index is 14.1. The van der Waals surface area contributed by atoms with Crippen LogP contribution < -0.4 is 33.8 Å². The van der Waals surface area contributed by atoms with E-state index in [9.17, 15) is 14.4 Å². The Kier molecular flexibility index (Phi) is 10.9. The Labute approximate surface area is 266 Å². The van der Waals surface area contributed by atoms with E-state index in [0.717, 1.165) is 0 Å². The van der Waals surface area contributed by atoms with Crippen LogP contribution in [0.5, 0.6) is 23.0 Å². The van der Waals surface area contributed by atoms with E-state index in [0.29, 0.717) is 66.8 Å². The molecule has 4 rings (SSSR count). The maximum Gasteiger partial charge on any atom is 0.343 e. The van der Waals surface area contributed by atoms with E-state index in [1.54, 1.807) is 51.3 Å². The van der Waals surface area contributed by atoms with Crippen LogP contribution in [0.3, 0.4) is 0 Å². The van der Waals surface area contributed by atoms with Crippen LogP contribution in [0.25, 0.3) is 6.08 Å². The summed E-state index contributed by atoms with van der Waals surface area (Å²) < 4.78 is 35.3. The third-order valence-corrected chi connectivity index (χ3v) is 8.08. The number of thiazole rings is 1. The Hall–Kier alpha value is -4.10. The summed E-state index contributed by atoms with van der Waals surface area (Å²) in [6.45, 7) is 7.67. The topological polar surface area (TPSA) is 124 Å². The number of aromatic nitrogens is 1. The van der Waals surface area contributed by atoms with Gasteiger partial charge in [0.25, 0.3) is 5.56 Å². The molecule has 1 aliphatic heterocycles. The summed E-state index contributed by atoms with van der Waals surface area (Å²) in [6, 6.07) is 7.77. The third kappa shape index (κ3) is 6.83. The molecule has 0 bridgehead atoms. The van der Waals surface area contributed by atoms with Gasteiger partial charge in [-0.1, -0.05) is 17.4 Å². The lowest BCUT2D eigenvalue weighted by Gasteiger charge is -2.25. The van der Waals surface area contributed by atoms with Crippen LogP contribution in [-0.2, 0) is 19.1 Å². The molecule has 1 aliphatic rings. The lowest BCUT2D eigenvalue weighted by Crippen LogP contribution is -2.40. The van der Waals surface area contributed by atoms with Crippen LogP contribution in [0.4, 0.5) is 0 Å². The molecule has 0 spiro atoms. The summed E-state index contributed by atoms with van der Waals surface area (Å²) in [7, 11) is 2.82. The van der Waals surface area contributed by atoms with Gasteiger partial charge in [0.15, 0.2) is 34.4 Å². The Balaban J connectivity index is 1.91. The van der Waals surface area contributed by atoms with Gasteiger partial charge in [-0.15, -0.1) is 0 Å². The van der Waals surface area contributed by atoms with Crippen molar-refractivity contribution in [3.63, 3.8) is 0 Å². The molecule has 234 valence electrons. The highest BCUT2D eigenvalue weighted by Crippen LogP contribution is 2.38. The number of methoxy groups -OCH3 is 2. The Morgan fingerprint density at radius 3 is 2.39 bits per heavy atom. The van der Waals surface area contributed by atoms with E-state index < -0.39 is 18.0 Å². The number of allylic oxidation sites excluding steroid dienone is 1. The molecule has 0 saturated heterocycles. The minimum absolute atomic E-state index is 0.145. The number of rotatable bonds is 12. The number of ether oxygens (including phenoxy) is 6. The molecule has 0 unspecified atom stereocenters. The number of hydrogen-bond acceptors (Lipinski definition) is 11. The van der Waals surface area contributed by atoms with E-state index >= 15 is 0 Å². The highest BCUT2D eigenvalue weighted by atomic mass is 79.9. The first-order chi connectivity index (χ1) is 21.2. The molecule has 1 aromatic heterocycles. The molecular formula is C31H33BrN2O9S. The van der Waals surface area contributed by atoms with E-state index in [4.69, 9.17) is 23.7 Å². The second kappa shape index (κ2) is 14.6. The van der Waals surface area contributed by atoms with Crippen LogP contribution in [0.2, 0.25) is 0 Å². The second-order valence-electron chi connectivity index (χ2n) is 9.27. The van der Waals surface area contributed by atoms with Gasteiger partial charge in [-0.3, -0.25) is 9.36 Å². The predicted octanol–water partition coefficient (Wildman–Crippen LogP) is 3.92. The van der Waals surface area contributed by atoms with Crippen molar-refractivity contribution < 1.29 is 38.0 Å². The van der Waals surface area contributed by atoms with Crippen molar-refractivity contribution in [2.45, 2.75) is 33.7 Å². The Bertz CT molecular complexity index is 1780. The molecule has 0 radical (unpaired) electrons. The SMILES string of the molecule is CCOC(=O)C1=C(C)N=c2s/c(=C/c3cc(Br)c(OC)c(OCC)c3)c(=O)n2[C@@H]1c1ccc(OCC(=O)OC)c(OCC)c1. The van der Waals surface area contributed by atoms with Gasteiger partial charge in [-0.2, -0.15) is 0 Å². The maximum absolute atomic E-state index is 14.1. The van der Waals surface area contributed by atoms with E-state index in [-0.39, 0.29) is 24.3 Å². The van der Waals surface area contributed by atoms with E-state index in [2.05, 4.69) is 25.7 Å². The number of esters is 2. The van der Waals surface area contributed by atoms with Gasteiger partial charge in [0.05, 0.1) is 60.4 Å². The normalized spacial score (nSPS) is 14.4. The molecule has 2 aromatic carbocycles. The van der Waals surface area contributed by atoms with Crippen molar-refractivity contribution in [2.24, 2.45) is 4.99 Å². The van der Waals surface area contributed by atoms with E-state index in [1.165, 1.54) is 23.0 Å². The average molecular weight is 690 g/mol. The van der Waals surface area contributed by atoms with Crippen LogP contribution in [0.1, 0.15) is 44.9 Å². The first-order valence-electron chi connectivity index (χ1n) is 13.8. The molecule has 0 saturated carbocycles. The number of fused-ring (bicyclic) bond motifs is 1. The van der Waals surface area contributed by atoms with Crippen molar-refractivity contribution in [1.82, 2.24) is 4.57 Å². The van der Waals surface area contributed by atoms with Crippen molar-refractivity contribution in [3.8, 4) is 23.0 Å². The molecule has 13 heteroatoms. The molecule has 0 amide bonds. The highest BCUT2D eigenvalue weighted by molar-refractivity contribution is 9.10. The third-order valence-electron chi connectivity index (χ3n) is 6.51. The molecule has 0 N–H and O–H groups in total. The molecule has 3 aromatic rings. The number of halogens is 1. The van der Waals surface area contributed by atoms with Gasteiger partial charge < -0.3 is 28.4 Å². The minimum Gasteiger partial charge on any atom is -0.492 e. The number of benzene rings is 2. The van der Waals surface area contributed by atoms with Gasteiger partial charge in [0.1, 0.15) is 0 Å². The molecule has 0 fully saturated rings. The minimum atomic E-state index is -0.872. The fraction of sp³-hybridized carbons (Fsp3) is 0.355. The molecule has 1 atom stereocenters. The molecule has 2 heterocycles. The largest absolute Gasteiger partial charge is 0.492 e. The van der Waals surface area contributed by atoms with Crippen molar-refractivity contribution in [3.05, 3.63) is 76.9 Å². The van der Waals surface area contributed by atoms with Crippen LogP contribution >= 0.6 is 27.3 Å². The summed E-state index contributed by atoms with van der Waals surface area (Å²) in [5.41, 5.74) is 1.57. The standard InChI is InChI=1S/C31H33BrN2O9S/c1-7-40-22-15-19(10-11-21(22)43-16-25(35)38-5)27-26(30(37)42-9-3)17(4)33-31-34(27)29(36)24(44-31)14-18-12-20(32)28(39-6)23(13-18)41-8-2/h10-15,27H,7-9,16H2,1-6H3/b24-14+/t27-/m1/s1. The molecular weight excluding hydrogens is 656 g/mol. The van der Waals surface area contributed by atoms with Crippen molar-refractivity contribution in [1.29, 1.82) is 0 Å². The van der Waals surface area contributed by atoms with Crippen LogP contribution in [0.15, 0.2) is 55.9 Å². The van der Waals surface area contributed by atoms with Crippen molar-refractivity contribution >= 4 is 45.3 Å². The van der Waals surface area contributed by atoms with Gasteiger partial charge in [0.2, 0.25) is 0 Å². The van der Waals surface area contributed by atoms with Gasteiger partial charge >= 0.3 is 11.9 Å². The Morgan fingerprint density at radius 2 is 1.73 bits per heavy atom. The monoisotopic (exact) mass is 688 g/mol. The zero-order chi connectivity index (χ0) is 32.0. The Morgan fingerprint density at radius 1 is 1.00 bits per heavy atom. The quantitative estimate of drug-likeness (QED) is 0.261. The summed E-state index contributed by atoms with van der Waals surface area (Å²) >= 11 is 4.72. The molecule has 44 heavy (non-hydrogen) atoms. The second-order valence-corrected chi connectivity index (χ2v) is 11.1. The zero-order valence-corrected chi connectivity index (χ0v) is 27.6. The first kappa shape index (κ1) is 32.8. The summed E-state index contributed by atoms with van der Waals surface area (Å²) in [6.07, 6.45) is 1.74. The van der Waals surface area contributed by atoms with E-state index in [1.807, 2.05) is 19.9 Å². The smallest absolute Gasteiger partial charge is 0.343 e. The number of carbonyl (C=O) groups excluding carboxylic acids is 2. The number of carbonyl (C=O) groups is 2. The summed E-state index contributed by atoms with van der Waals surface area (Å²) in [5.74, 6) is 0.577. The number of nitrogens with zero attached hydrogens (tertiary/aromatic N) is 2. The zero-order valence-electron chi connectivity index (χ0n) is 25.2. The lowest BCUT2D eigenvalue weighted by molar-refractivity contribution is -0.143. The molecule has 0 aliphatic carbocycles. The highest BCUT2D eigenvalue weighted by Gasteiger charge is 2.34. The van der Waals surface area contributed by atoms with Crippen LogP contribution in [-0.4, -0.2) is 57.2 Å². The lowest BCUT2D eigenvalue weighted by atomic mass is 9.95.